The maximum absolute atomic E-state index is 9.88. The van der Waals surface area contributed by atoms with Gasteiger partial charge in [0.25, 0.3) is 0 Å². The van der Waals surface area contributed by atoms with Crippen LogP contribution in [0.2, 0.25) is 0 Å². The Kier molecular flexibility index (Phi) is 3.12. The molecule has 4 nitrogen and oxygen atoms in total. The summed E-state index contributed by atoms with van der Waals surface area (Å²) in [5.74, 6) is 0.198. The van der Waals surface area contributed by atoms with E-state index in [0.29, 0.717) is 12.1 Å². The van der Waals surface area contributed by atoms with Gasteiger partial charge in [-0.05, 0) is 17.7 Å². The molecule has 2 aromatic rings. The lowest BCUT2D eigenvalue weighted by Gasteiger charge is -2.09. The predicted molar refractivity (Wildman–Crippen MR) is 58.8 cm³/mol. The molecule has 16 heavy (non-hydrogen) atoms. The highest BCUT2D eigenvalue weighted by Gasteiger charge is 2.09. The molecule has 0 fully saturated rings. The maximum Gasteiger partial charge on any atom is 0.115 e. The van der Waals surface area contributed by atoms with Crippen LogP contribution in [0.3, 0.4) is 0 Å². The van der Waals surface area contributed by atoms with Gasteiger partial charge in [0, 0.05) is 18.8 Å². The molecular weight excluding hydrogens is 204 g/mol. The Balaban J connectivity index is 2.11. The first-order valence-electron chi connectivity index (χ1n) is 4.97. The molecular formula is C12H12N2O2. The summed E-state index contributed by atoms with van der Waals surface area (Å²) in [6, 6.07) is 6.81. The summed E-state index contributed by atoms with van der Waals surface area (Å²) < 4.78 is 0. The van der Waals surface area contributed by atoms with Crippen molar-refractivity contribution in [1.29, 1.82) is 0 Å². The highest BCUT2D eigenvalue weighted by atomic mass is 16.3. The molecule has 82 valence electrons. The zero-order chi connectivity index (χ0) is 11.4. The lowest BCUT2D eigenvalue weighted by Crippen LogP contribution is -2.04. The molecule has 1 aromatic heterocycles. The molecule has 1 unspecified atom stereocenters. The van der Waals surface area contributed by atoms with E-state index in [1.807, 2.05) is 6.07 Å². The van der Waals surface area contributed by atoms with E-state index in [1.165, 1.54) is 6.20 Å². The number of rotatable bonds is 3. The topological polar surface area (TPSA) is 66.2 Å². The van der Waals surface area contributed by atoms with Crippen molar-refractivity contribution >= 4 is 0 Å². The van der Waals surface area contributed by atoms with Crippen molar-refractivity contribution in [3.05, 3.63) is 54.1 Å². The molecule has 0 spiro atoms. The first kappa shape index (κ1) is 10.6. The molecule has 0 saturated carbocycles. The minimum atomic E-state index is -0.699. The maximum atomic E-state index is 9.88. The molecule has 0 aliphatic heterocycles. The quantitative estimate of drug-likeness (QED) is 0.815. The molecule has 4 heteroatoms. The molecule has 2 rings (SSSR count). The van der Waals surface area contributed by atoms with Gasteiger partial charge in [-0.25, -0.2) is 0 Å². The van der Waals surface area contributed by atoms with E-state index < -0.39 is 6.10 Å². The van der Waals surface area contributed by atoms with Crippen LogP contribution in [0.25, 0.3) is 0 Å². The van der Waals surface area contributed by atoms with Crippen LogP contribution in [0.4, 0.5) is 0 Å². The van der Waals surface area contributed by atoms with Crippen LogP contribution in [0, 0.1) is 0 Å². The third kappa shape index (κ3) is 2.55. The second-order valence-corrected chi connectivity index (χ2v) is 3.52. The van der Waals surface area contributed by atoms with E-state index in [2.05, 4.69) is 9.97 Å². The molecule has 1 atom stereocenters. The number of benzene rings is 1. The Morgan fingerprint density at radius 3 is 2.81 bits per heavy atom. The summed E-state index contributed by atoms with van der Waals surface area (Å²) in [6.45, 7) is 0. The van der Waals surface area contributed by atoms with Crippen molar-refractivity contribution in [3.63, 3.8) is 0 Å². The van der Waals surface area contributed by atoms with E-state index in [0.717, 1.165) is 5.56 Å². The fourth-order valence-electron chi connectivity index (χ4n) is 1.49. The Hall–Kier alpha value is -1.94. The fraction of sp³-hybridized carbons (Fsp3) is 0.167. The fourth-order valence-corrected chi connectivity index (χ4v) is 1.49. The minimum Gasteiger partial charge on any atom is -0.508 e. The summed E-state index contributed by atoms with van der Waals surface area (Å²) in [4.78, 5) is 7.92. The van der Waals surface area contributed by atoms with Crippen molar-refractivity contribution < 1.29 is 10.2 Å². The van der Waals surface area contributed by atoms with Crippen LogP contribution >= 0.6 is 0 Å². The van der Waals surface area contributed by atoms with Gasteiger partial charge in [-0.3, -0.25) is 9.97 Å². The van der Waals surface area contributed by atoms with Crippen LogP contribution in [-0.2, 0) is 6.42 Å². The Morgan fingerprint density at radius 1 is 1.25 bits per heavy atom. The number of nitrogens with zero attached hydrogens (tertiary/aromatic N) is 2. The lowest BCUT2D eigenvalue weighted by atomic mass is 10.1. The van der Waals surface area contributed by atoms with Gasteiger partial charge in [-0.15, -0.1) is 0 Å². The molecule has 1 heterocycles. The smallest absolute Gasteiger partial charge is 0.115 e. The van der Waals surface area contributed by atoms with Crippen molar-refractivity contribution in [1.82, 2.24) is 9.97 Å². The van der Waals surface area contributed by atoms with Crippen LogP contribution in [0.1, 0.15) is 17.4 Å². The zero-order valence-electron chi connectivity index (χ0n) is 8.61. The molecule has 1 aromatic carbocycles. The number of aliphatic hydroxyl groups is 1. The molecule has 0 bridgehead atoms. The van der Waals surface area contributed by atoms with Gasteiger partial charge in [-0.1, -0.05) is 12.1 Å². The highest BCUT2D eigenvalue weighted by Crippen LogP contribution is 2.18. The van der Waals surface area contributed by atoms with Gasteiger partial charge < -0.3 is 10.2 Å². The van der Waals surface area contributed by atoms with Crippen molar-refractivity contribution in [2.75, 3.05) is 0 Å². The molecule has 0 aliphatic carbocycles. The van der Waals surface area contributed by atoms with Gasteiger partial charge in [-0.2, -0.15) is 0 Å². The van der Waals surface area contributed by atoms with Gasteiger partial charge in [0.05, 0.1) is 11.9 Å². The normalized spacial score (nSPS) is 12.3. The summed E-state index contributed by atoms with van der Waals surface area (Å²) in [5, 5.41) is 19.2. The van der Waals surface area contributed by atoms with E-state index in [4.69, 9.17) is 0 Å². The number of hydrogen-bond donors (Lipinski definition) is 2. The highest BCUT2D eigenvalue weighted by molar-refractivity contribution is 5.28. The predicted octanol–water partition coefficient (Wildman–Crippen LogP) is 1.46. The van der Waals surface area contributed by atoms with E-state index in [-0.39, 0.29) is 5.75 Å². The van der Waals surface area contributed by atoms with Gasteiger partial charge in [0.15, 0.2) is 0 Å². The number of aliphatic hydroxyl groups excluding tert-OH is 1. The summed E-state index contributed by atoms with van der Waals surface area (Å²) in [7, 11) is 0. The van der Waals surface area contributed by atoms with Crippen molar-refractivity contribution in [2.24, 2.45) is 0 Å². The molecule has 0 aliphatic rings. The van der Waals surface area contributed by atoms with Crippen molar-refractivity contribution in [2.45, 2.75) is 12.5 Å². The monoisotopic (exact) mass is 216 g/mol. The number of aromatic hydroxyl groups is 1. The van der Waals surface area contributed by atoms with E-state index in [9.17, 15) is 10.2 Å². The average molecular weight is 216 g/mol. The zero-order valence-corrected chi connectivity index (χ0v) is 8.61. The van der Waals surface area contributed by atoms with Crippen LogP contribution in [0.15, 0.2) is 42.9 Å². The number of phenolic OH excluding ortho intramolecular Hbond substituents is 1. The largest absolute Gasteiger partial charge is 0.508 e. The van der Waals surface area contributed by atoms with Crippen LogP contribution < -0.4 is 0 Å². The Labute approximate surface area is 93.2 Å². The number of hydrogen-bond acceptors (Lipinski definition) is 4. The molecule has 0 amide bonds. The first-order chi connectivity index (χ1) is 7.75. The second-order valence-electron chi connectivity index (χ2n) is 3.52. The minimum absolute atomic E-state index is 0.198. The van der Waals surface area contributed by atoms with Crippen LogP contribution in [0.5, 0.6) is 5.75 Å². The van der Waals surface area contributed by atoms with Crippen molar-refractivity contribution in [3.8, 4) is 5.75 Å². The third-order valence-electron chi connectivity index (χ3n) is 2.26. The van der Waals surface area contributed by atoms with Gasteiger partial charge in [0.1, 0.15) is 11.9 Å². The summed E-state index contributed by atoms with van der Waals surface area (Å²) in [5.41, 5.74) is 1.39. The van der Waals surface area contributed by atoms with E-state index in [1.54, 1.807) is 30.6 Å². The summed E-state index contributed by atoms with van der Waals surface area (Å²) >= 11 is 0. The second kappa shape index (κ2) is 4.72. The lowest BCUT2D eigenvalue weighted by molar-refractivity contribution is 0.173. The Bertz CT molecular complexity index is 460. The van der Waals surface area contributed by atoms with Crippen LogP contribution in [-0.4, -0.2) is 20.2 Å². The SMILES string of the molecule is Oc1cccc(CC(O)c2cnccn2)c1. The molecule has 2 N–H and O–H groups in total. The molecule has 0 saturated heterocycles. The third-order valence-corrected chi connectivity index (χ3v) is 2.26. The average Bonchev–Trinajstić information content (AvgIpc) is 2.30. The Morgan fingerprint density at radius 2 is 2.12 bits per heavy atom. The summed E-state index contributed by atoms with van der Waals surface area (Å²) in [6.07, 6.45) is 4.35. The van der Waals surface area contributed by atoms with Gasteiger partial charge in [0.2, 0.25) is 0 Å². The van der Waals surface area contributed by atoms with E-state index >= 15 is 0 Å². The molecule has 0 radical (unpaired) electrons. The first-order valence-corrected chi connectivity index (χ1v) is 4.97. The standard InChI is InChI=1S/C12H12N2O2/c15-10-3-1-2-9(6-10)7-12(16)11-8-13-4-5-14-11/h1-6,8,12,15-16H,7H2. The number of aromatic nitrogens is 2. The number of phenols is 1. The van der Waals surface area contributed by atoms with Gasteiger partial charge >= 0.3 is 0 Å².